The summed E-state index contributed by atoms with van der Waals surface area (Å²) in [6.07, 6.45) is 23.4. The van der Waals surface area contributed by atoms with E-state index in [1.165, 1.54) is 101 Å². The van der Waals surface area contributed by atoms with Gasteiger partial charge in [-0.15, -0.1) is 0 Å². The van der Waals surface area contributed by atoms with E-state index in [1.807, 2.05) is 0 Å². The summed E-state index contributed by atoms with van der Waals surface area (Å²) >= 11 is 0. The highest BCUT2D eigenvalue weighted by Crippen LogP contribution is 2.15. The molecule has 0 fully saturated rings. The van der Waals surface area contributed by atoms with Crippen molar-refractivity contribution in [3.05, 3.63) is 53.6 Å². The zero-order valence-corrected chi connectivity index (χ0v) is 19.9. The highest BCUT2D eigenvalue weighted by molar-refractivity contribution is 5.15. The van der Waals surface area contributed by atoms with Crippen LogP contribution in [0.3, 0.4) is 0 Å². The Morgan fingerprint density at radius 1 is 0.633 bits per heavy atom. The van der Waals surface area contributed by atoms with Gasteiger partial charge in [-0.2, -0.15) is 0 Å². The van der Waals surface area contributed by atoms with Crippen molar-refractivity contribution in [3.8, 4) is 0 Å². The predicted molar refractivity (Wildman–Crippen MR) is 131 cm³/mol. The van der Waals surface area contributed by atoms with E-state index in [0.29, 0.717) is 0 Å². The molecule has 0 amide bonds. The number of aryl methyl sites for hydroxylation is 4. The number of nitrogens with zero attached hydrogens (tertiary/aromatic N) is 2. The van der Waals surface area contributed by atoms with Crippen LogP contribution in [-0.2, 0) is 25.8 Å². The summed E-state index contributed by atoms with van der Waals surface area (Å²) in [4.78, 5) is 5.03. The van der Waals surface area contributed by atoms with Crippen molar-refractivity contribution in [2.45, 2.75) is 123 Å². The summed E-state index contributed by atoms with van der Waals surface area (Å²) in [6.45, 7) is 5.70. The van der Waals surface area contributed by atoms with Crippen LogP contribution in [0.5, 0.6) is 0 Å². The van der Waals surface area contributed by atoms with Crippen LogP contribution in [0.15, 0.2) is 36.5 Å². The van der Waals surface area contributed by atoms with E-state index in [4.69, 9.17) is 4.98 Å². The maximum Gasteiger partial charge on any atom is 0.108 e. The summed E-state index contributed by atoms with van der Waals surface area (Å²) in [5, 5.41) is 0. The lowest BCUT2D eigenvalue weighted by molar-refractivity contribution is 0.545. The molecular weight excluding hydrogens is 364 g/mol. The summed E-state index contributed by atoms with van der Waals surface area (Å²) in [7, 11) is 0. The molecule has 0 saturated carbocycles. The van der Waals surface area contributed by atoms with Crippen LogP contribution in [0.1, 0.15) is 114 Å². The minimum Gasteiger partial charge on any atom is -0.335 e. The number of hydrogen-bond acceptors (Lipinski definition) is 1. The lowest BCUT2D eigenvalue weighted by Crippen LogP contribution is -2.03. The lowest BCUT2D eigenvalue weighted by atomic mass is 10.1. The van der Waals surface area contributed by atoms with Crippen LogP contribution in [0.25, 0.3) is 0 Å². The van der Waals surface area contributed by atoms with Crippen LogP contribution < -0.4 is 0 Å². The smallest absolute Gasteiger partial charge is 0.108 e. The molecule has 0 radical (unpaired) electrons. The second-order valence-electron chi connectivity index (χ2n) is 8.97. The molecular formula is C28H46N2. The summed E-state index contributed by atoms with van der Waals surface area (Å²) in [6, 6.07) is 10.8. The largest absolute Gasteiger partial charge is 0.335 e. The van der Waals surface area contributed by atoms with Crippen LogP contribution in [0.2, 0.25) is 0 Å². The van der Waals surface area contributed by atoms with Gasteiger partial charge in [-0.3, -0.25) is 0 Å². The van der Waals surface area contributed by atoms with Crippen molar-refractivity contribution in [1.29, 1.82) is 0 Å². The first-order chi connectivity index (χ1) is 14.8. The number of hydrogen-bond donors (Lipinski definition) is 0. The van der Waals surface area contributed by atoms with Crippen LogP contribution in [0, 0.1) is 0 Å². The first-order valence-electron chi connectivity index (χ1n) is 12.9. The van der Waals surface area contributed by atoms with Crippen LogP contribution in [-0.4, -0.2) is 9.55 Å². The molecule has 0 spiro atoms. The first-order valence-corrected chi connectivity index (χ1v) is 12.9. The number of unbranched alkanes of at least 4 members (excludes halogenated alkanes) is 10. The third-order valence-electron chi connectivity index (χ3n) is 6.16. The zero-order valence-electron chi connectivity index (χ0n) is 19.9. The molecule has 0 aliphatic rings. The van der Waals surface area contributed by atoms with E-state index in [-0.39, 0.29) is 0 Å². The molecule has 0 saturated heterocycles. The molecule has 2 nitrogen and oxygen atoms in total. The van der Waals surface area contributed by atoms with Gasteiger partial charge in [0.05, 0.1) is 5.69 Å². The molecule has 0 aliphatic carbocycles. The summed E-state index contributed by atoms with van der Waals surface area (Å²) in [5.74, 6) is 1.33. The van der Waals surface area contributed by atoms with Crippen LogP contribution >= 0.6 is 0 Å². The number of imidazole rings is 1. The molecule has 168 valence electrons. The molecule has 0 bridgehead atoms. The quantitative estimate of drug-likeness (QED) is 0.226. The van der Waals surface area contributed by atoms with Crippen molar-refractivity contribution in [1.82, 2.24) is 9.55 Å². The van der Waals surface area contributed by atoms with Crippen molar-refractivity contribution < 1.29 is 0 Å². The monoisotopic (exact) mass is 410 g/mol. The van der Waals surface area contributed by atoms with E-state index in [2.05, 4.69) is 54.9 Å². The summed E-state index contributed by atoms with van der Waals surface area (Å²) < 4.78 is 2.45. The van der Waals surface area contributed by atoms with Crippen LogP contribution in [0.4, 0.5) is 0 Å². The minimum atomic E-state index is 1.10. The maximum atomic E-state index is 5.03. The molecule has 0 aliphatic heterocycles. The van der Waals surface area contributed by atoms with E-state index in [1.54, 1.807) is 0 Å². The molecule has 30 heavy (non-hydrogen) atoms. The fourth-order valence-corrected chi connectivity index (χ4v) is 4.24. The average molecular weight is 411 g/mol. The Balaban J connectivity index is 1.67. The van der Waals surface area contributed by atoms with Gasteiger partial charge in [-0.05, 0) is 37.7 Å². The zero-order chi connectivity index (χ0) is 21.3. The molecule has 2 heteroatoms. The van der Waals surface area contributed by atoms with Crippen molar-refractivity contribution in [2.75, 3.05) is 0 Å². The van der Waals surface area contributed by atoms with Gasteiger partial charge in [0, 0.05) is 19.2 Å². The molecule has 0 unspecified atom stereocenters. The molecule has 0 atom stereocenters. The molecule has 2 rings (SSSR count). The second-order valence-corrected chi connectivity index (χ2v) is 8.97. The number of benzene rings is 1. The van der Waals surface area contributed by atoms with Gasteiger partial charge in [0.15, 0.2) is 0 Å². The molecule has 2 aromatic rings. The lowest BCUT2D eigenvalue weighted by Gasteiger charge is -2.07. The third kappa shape index (κ3) is 10.5. The van der Waals surface area contributed by atoms with E-state index < -0.39 is 0 Å². The van der Waals surface area contributed by atoms with Gasteiger partial charge >= 0.3 is 0 Å². The van der Waals surface area contributed by atoms with Gasteiger partial charge in [0.2, 0.25) is 0 Å². The predicted octanol–water partition coefficient (Wildman–Crippen LogP) is 8.32. The standard InChI is InChI=1S/C28H46N2/c1-3-5-7-8-9-10-11-12-13-17-23-28-29-27(25-30(28)24-6-4-2)22-18-21-26-19-15-14-16-20-26/h14-16,19-20,25H,3-13,17-18,21-24H2,1-2H3. The molecule has 1 aromatic carbocycles. The Morgan fingerprint density at radius 2 is 1.27 bits per heavy atom. The van der Waals surface area contributed by atoms with Crippen molar-refractivity contribution in [3.63, 3.8) is 0 Å². The first kappa shape index (κ1) is 24.7. The highest BCUT2D eigenvalue weighted by Gasteiger charge is 2.08. The normalized spacial score (nSPS) is 11.3. The van der Waals surface area contributed by atoms with Gasteiger partial charge in [0.1, 0.15) is 5.82 Å². The van der Waals surface area contributed by atoms with Gasteiger partial charge in [-0.1, -0.05) is 108 Å². The Labute approximate surface area is 186 Å². The number of rotatable bonds is 18. The van der Waals surface area contributed by atoms with Gasteiger partial charge in [0.25, 0.3) is 0 Å². The Morgan fingerprint density at radius 3 is 1.93 bits per heavy atom. The highest BCUT2D eigenvalue weighted by atomic mass is 15.1. The molecule has 1 heterocycles. The van der Waals surface area contributed by atoms with E-state index >= 15 is 0 Å². The fraction of sp³-hybridized carbons (Fsp3) is 0.679. The Kier molecular flexibility index (Phi) is 13.3. The number of aromatic nitrogens is 2. The Bertz CT molecular complexity index is 644. The van der Waals surface area contributed by atoms with Gasteiger partial charge < -0.3 is 4.57 Å². The summed E-state index contributed by atoms with van der Waals surface area (Å²) in [5.41, 5.74) is 2.73. The topological polar surface area (TPSA) is 17.8 Å². The molecule has 0 N–H and O–H groups in total. The maximum absolute atomic E-state index is 5.03. The molecule has 1 aromatic heterocycles. The Hall–Kier alpha value is -1.57. The van der Waals surface area contributed by atoms with Crippen molar-refractivity contribution >= 4 is 0 Å². The van der Waals surface area contributed by atoms with Gasteiger partial charge in [-0.25, -0.2) is 4.98 Å². The van der Waals surface area contributed by atoms with Crippen molar-refractivity contribution in [2.24, 2.45) is 0 Å². The van der Waals surface area contributed by atoms with E-state index in [9.17, 15) is 0 Å². The third-order valence-corrected chi connectivity index (χ3v) is 6.16. The average Bonchev–Trinajstić information content (AvgIpc) is 3.16. The fourth-order valence-electron chi connectivity index (χ4n) is 4.24. The second kappa shape index (κ2) is 16.2. The van der Waals surface area contributed by atoms with E-state index in [0.717, 1.165) is 25.8 Å². The minimum absolute atomic E-state index is 1.10. The SMILES string of the molecule is CCCCCCCCCCCCc1nc(CCCc2ccccc2)cn1CCCC.